The van der Waals surface area contributed by atoms with Crippen molar-refractivity contribution in [3.63, 3.8) is 0 Å². The van der Waals surface area contributed by atoms with Crippen LogP contribution in [0.25, 0.3) is 33.6 Å². The maximum Gasteiger partial charge on any atom is 0.300 e. The van der Waals surface area contributed by atoms with Crippen LogP contribution >= 0.6 is 0 Å². The number of rotatable bonds is 7. The summed E-state index contributed by atoms with van der Waals surface area (Å²) in [6.07, 6.45) is 1.44. The number of aliphatic hydroxyl groups is 1. The molecule has 37 heavy (non-hydrogen) atoms. The number of aliphatic hydroxyl groups excluding tert-OH is 1. The summed E-state index contributed by atoms with van der Waals surface area (Å²) in [6, 6.07) is 26.5. The first kappa shape index (κ1) is 23.8. The van der Waals surface area contributed by atoms with Crippen molar-refractivity contribution in [1.29, 1.82) is 0 Å². The second kappa shape index (κ2) is 10.8. The van der Waals surface area contributed by atoms with Gasteiger partial charge in [0.15, 0.2) is 0 Å². The van der Waals surface area contributed by atoms with E-state index < -0.39 is 0 Å². The van der Waals surface area contributed by atoms with Crippen molar-refractivity contribution in [3.8, 4) is 34.3 Å². The van der Waals surface area contributed by atoms with E-state index in [9.17, 15) is 9.90 Å². The van der Waals surface area contributed by atoms with Crippen molar-refractivity contribution < 1.29 is 14.3 Å². The first-order valence-corrected chi connectivity index (χ1v) is 11.8. The van der Waals surface area contributed by atoms with Gasteiger partial charge in [0.1, 0.15) is 17.9 Å². The van der Waals surface area contributed by atoms with Crippen LogP contribution < -0.4 is 10.6 Å². The molecule has 0 fully saturated rings. The van der Waals surface area contributed by atoms with Crippen molar-refractivity contribution in [2.75, 3.05) is 17.2 Å². The number of carbonyl (C=O) groups excluding carboxylic acids is 1. The van der Waals surface area contributed by atoms with Gasteiger partial charge in [0.25, 0.3) is 5.91 Å². The summed E-state index contributed by atoms with van der Waals surface area (Å²) >= 11 is 0. The van der Waals surface area contributed by atoms with Crippen molar-refractivity contribution >= 4 is 28.5 Å². The molecule has 3 N–H and O–H groups in total. The predicted octanol–water partition coefficient (Wildman–Crippen LogP) is 5.66. The molecule has 0 aliphatic rings. The molecule has 7 nitrogen and oxygen atoms in total. The number of amides is 1. The Labute approximate surface area is 214 Å². The fraction of sp³-hybridized carbons (Fsp3) is 0.100. The largest absolute Gasteiger partial charge is 0.437 e. The number of anilines is 2. The highest BCUT2D eigenvalue weighted by Crippen LogP contribution is 2.43. The first-order valence-electron chi connectivity index (χ1n) is 11.8. The Morgan fingerprint density at radius 3 is 2.43 bits per heavy atom. The molecule has 182 valence electrons. The topological polar surface area (TPSA) is 100 Å². The molecule has 1 amide bonds. The fourth-order valence-corrected chi connectivity index (χ4v) is 4.22. The summed E-state index contributed by atoms with van der Waals surface area (Å²) < 4.78 is 6.30. The third-order valence-electron chi connectivity index (χ3n) is 5.87. The monoisotopic (exact) mass is 488 g/mol. The lowest BCUT2D eigenvalue weighted by molar-refractivity contribution is -0.111. The Kier molecular flexibility index (Phi) is 6.93. The molecule has 0 aliphatic heterocycles. The smallest absolute Gasteiger partial charge is 0.300 e. The van der Waals surface area contributed by atoms with Gasteiger partial charge < -0.3 is 20.2 Å². The van der Waals surface area contributed by atoms with Gasteiger partial charge in [0, 0.05) is 16.8 Å². The van der Waals surface area contributed by atoms with Gasteiger partial charge in [0.05, 0.1) is 18.0 Å². The number of aromatic nitrogens is 2. The van der Waals surface area contributed by atoms with Crippen molar-refractivity contribution in [3.05, 3.63) is 96.8 Å². The zero-order valence-corrected chi connectivity index (χ0v) is 20.1. The molecule has 0 aliphatic carbocycles. The van der Waals surface area contributed by atoms with E-state index >= 15 is 0 Å². The first-order chi connectivity index (χ1) is 18.2. The van der Waals surface area contributed by atoms with Crippen LogP contribution in [0.4, 0.5) is 11.5 Å². The molecule has 2 heterocycles. The van der Waals surface area contributed by atoms with Crippen LogP contribution in [0.2, 0.25) is 0 Å². The molecule has 0 radical (unpaired) electrons. The standard InChI is InChI=1S/C30H24N4O3/c1-2-10-25(36)33-23-16-9-15-22(17-23)26-27-29(34-24(18-35)20-11-5-3-6-12-20)31-19-32-30(27)37-28(26)21-13-7-4-8-14-21/h3-9,11-17,19,24,35H,18H2,1H3,(H,33,36)(H,31,32,34)/t24-/m1/s1. The quantitative estimate of drug-likeness (QED) is 0.256. The molecule has 0 spiro atoms. The molecule has 0 bridgehead atoms. The van der Waals surface area contributed by atoms with Crippen LogP contribution in [0.5, 0.6) is 0 Å². The number of nitrogens with zero attached hydrogens (tertiary/aromatic N) is 2. The molecule has 0 saturated carbocycles. The summed E-state index contributed by atoms with van der Waals surface area (Å²) in [6.45, 7) is 1.48. The third-order valence-corrected chi connectivity index (χ3v) is 5.87. The van der Waals surface area contributed by atoms with Crippen molar-refractivity contribution in [1.82, 2.24) is 9.97 Å². The summed E-state index contributed by atoms with van der Waals surface area (Å²) in [5.41, 5.74) is 4.37. The van der Waals surface area contributed by atoms with Gasteiger partial charge in [-0.25, -0.2) is 9.97 Å². The highest BCUT2D eigenvalue weighted by atomic mass is 16.3. The number of benzene rings is 3. The van der Waals surface area contributed by atoms with E-state index in [1.807, 2.05) is 78.9 Å². The van der Waals surface area contributed by atoms with Crippen LogP contribution in [0.1, 0.15) is 18.5 Å². The minimum atomic E-state index is -0.390. The Morgan fingerprint density at radius 1 is 0.973 bits per heavy atom. The fourth-order valence-electron chi connectivity index (χ4n) is 4.22. The molecular weight excluding hydrogens is 464 g/mol. The maximum absolute atomic E-state index is 12.1. The van der Waals surface area contributed by atoms with Gasteiger partial charge in [-0.1, -0.05) is 78.7 Å². The van der Waals surface area contributed by atoms with E-state index in [1.54, 1.807) is 13.0 Å². The number of carbonyl (C=O) groups is 1. The highest BCUT2D eigenvalue weighted by molar-refractivity contribution is 6.07. The molecule has 5 rings (SSSR count). The minimum Gasteiger partial charge on any atom is -0.437 e. The average Bonchev–Trinajstić information content (AvgIpc) is 3.33. The van der Waals surface area contributed by atoms with Crippen LogP contribution in [0.15, 0.2) is 95.7 Å². The molecule has 0 saturated heterocycles. The van der Waals surface area contributed by atoms with Gasteiger partial charge in [-0.2, -0.15) is 0 Å². The minimum absolute atomic E-state index is 0.131. The molecule has 0 unspecified atom stereocenters. The maximum atomic E-state index is 12.1. The van der Waals surface area contributed by atoms with Gasteiger partial charge in [-0.3, -0.25) is 4.79 Å². The number of hydrogen-bond donors (Lipinski definition) is 3. The van der Waals surface area contributed by atoms with Gasteiger partial charge in [-0.05, 0) is 36.1 Å². The molecule has 1 atom stereocenters. The molecule has 3 aromatic carbocycles. The summed E-state index contributed by atoms with van der Waals surface area (Å²) in [5.74, 6) is 5.86. The highest BCUT2D eigenvalue weighted by Gasteiger charge is 2.24. The summed E-state index contributed by atoms with van der Waals surface area (Å²) in [4.78, 5) is 21.0. The second-order valence-electron chi connectivity index (χ2n) is 8.27. The summed E-state index contributed by atoms with van der Waals surface area (Å²) in [7, 11) is 0. The van der Waals surface area contributed by atoms with Gasteiger partial charge in [0.2, 0.25) is 5.71 Å². The molecule has 7 heteroatoms. The lowest BCUT2D eigenvalue weighted by Crippen LogP contribution is -2.15. The summed E-state index contributed by atoms with van der Waals surface area (Å²) in [5, 5.41) is 17.0. The van der Waals surface area contributed by atoms with Crippen LogP contribution in [-0.2, 0) is 4.79 Å². The number of nitrogens with one attached hydrogen (secondary N) is 2. The van der Waals surface area contributed by atoms with Crippen LogP contribution in [0, 0.1) is 11.8 Å². The normalized spacial score (nSPS) is 11.4. The Hall–Kier alpha value is -4.93. The number of fused-ring (bicyclic) bond motifs is 1. The second-order valence-corrected chi connectivity index (χ2v) is 8.27. The van der Waals surface area contributed by atoms with Crippen LogP contribution in [-0.4, -0.2) is 27.6 Å². The van der Waals surface area contributed by atoms with Crippen LogP contribution in [0.3, 0.4) is 0 Å². The predicted molar refractivity (Wildman–Crippen MR) is 145 cm³/mol. The Morgan fingerprint density at radius 2 is 1.70 bits per heavy atom. The van der Waals surface area contributed by atoms with E-state index in [2.05, 4.69) is 32.4 Å². The van der Waals surface area contributed by atoms with Gasteiger partial charge in [-0.15, -0.1) is 0 Å². The third kappa shape index (κ3) is 5.06. The lowest BCUT2D eigenvalue weighted by atomic mass is 9.98. The van der Waals surface area contributed by atoms with E-state index in [1.165, 1.54) is 6.33 Å². The average molecular weight is 489 g/mol. The number of hydrogen-bond acceptors (Lipinski definition) is 6. The molecule has 2 aromatic heterocycles. The van der Waals surface area contributed by atoms with E-state index in [0.717, 1.165) is 22.3 Å². The van der Waals surface area contributed by atoms with Gasteiger partial charge >= 0.3 is 0 Å². The van der Waals surface area contributed by atoms with E-state index in [4.69, 9.17) is 4.42 Å². The van der Waals surface area contributed by atoms with Crippen molar-refractivity contribution in [2.45, 2.75) is 13.0 Å². The van der Waals surface area contributed by atoms with Crippen molar-refractivity contribution in [2.24, 2.45) is 0 Å². The molecule has 5 aromatic rings. The SMILES string of the molecule is CC#CC(=O)Nc1cccc(-c2c(-c3ccccc3)oc3ncnc(N[C@H](CO)c4ccccc4)c23)c1. The van der Waals surface area contributed by atoms with E-state index in [0.29, 0.717) is 28.4 Å². The molecular formula is C30H24N4O3. The Bertz CT molecular complexity index is 1600. The lowest BCUT2D eigenvalue weighted by Gasteiger charge is -2.18. The zero-order chi connectivity index (χ0) is 25.6. The zero-order valence-electron chi connectivity index (χ0n) is 20.1. The van der Waals surface area contributed by atoms with E-state index in [-0.39, 0.29) is 18.6 Å². The number of furan rings is 1. The Balaban J connectivity index is 1.69.